The van der Waals surface area contributed by atoms with Crippen molar-refractivity contribution in [2.45, 2.75) is 52.6 Å². The number of unbranched alkanes of at least 4 members (excludes halogenated alkanes) is 2. The number of carbonyl (C=O) groups is 1. The highest BCUT2D eigenvalue weighted by Crippen LogP contribution is 2.20. The van der Waals surface area contributed by atoms with Crippen LogP contribution in [0, 0.1) is 0 Å². The SMILES string of the molecule is CCCCCOC(C)(C)C(C)=CC=O. The summed E-state index contributed by atoms with van der Waals surface area (Å²) in [5, 5.41) is 0. The summed E-state index contributed by atoms with van der Waals surface area (Å²) in [6.45, 7) is 8.85. The van der Waals surface area contributed by atoms with Crippen LogP contribution in [0.15, 0.2) is 11.6 Å². The van der Waals surface area contributed by atoms with Crippen LogP contribution in [0.5, 0.6) is 0 Å². The lowest BCUT2D eigenvalue weighted by Crippen LogP contribution is -2.26. The van der Waals surface area contributed by atoms with Gasteiger partial charge in [-0.25, -0.2) is 0 Å². The van der Waals surface area contributed by atoms with Crippen molar-refractivity contribution < 1.29 is 9.53 Å². The van der Waals surface area contributed by atoms with Crippen LogP contribution in [0.25, 0.3) is 0 Å². The van der Waals surface area contributed by atoms with Crippen LogP contribution in [-0.2, 0) is 9.53 Å². The number of hydrogen-bond acceptors (Lipinski definition) is 2. The molecule has 0 spiro atoms. The van der Waals surface area contributed by atoms with Crippen LogP contribution in [0.4, 0.5) is 0 Å². The fraction of sp³-hybridized carbons (Fsp3) is 0.750. The summed E-state index contributed by atoms with van der Waals surface area (Å²) in [5.41, 5.74) is 0.665. The van der Waals surface area contributed by atoms with Crippen molar-refractivity contribution in [3.63, 3.8) is 0 Å². The normalized spacial score (nSPS) is 13.0. The Balaban J connectivity index is 3.94. The molecule has 2 nitrogen and oxygen atoms in total. The quantitative estimate of drug-likeness (QED) is 0.357. The first-order chi connectivity index (χ1) is 6.54. The molecule has 0 rings (SSSR count). The number of aldehydes is 1. The summed E-state index contributed by atoms with van der Waals surface area (Å²) in [5.74, 6) is 0. The molecule has 0 amide bonds. The third-order valence-electron chi connectivity index (χ3n) is 2.48. The Labute approximate surface area is 87.3 Å². The Morgan fingerprint density at radius 1 is 1.36 bits per heavy atom. The summed E-state index contributed by atoms with van der Waals surface area (Å²) in [4.78, 5) is 10.3. The highest BCUT2D eigenvalue weighted by Gasteiger charge is 2.19. The van der Waals surface area contributed by atoms with Crippen molar-refractivity contribution in [2.75, 3.05) is 6.61 Å². The van der Waals surface area contributed by atoms with E-state index in [0.29, 0.717) is 0 Å². The Morgan fingerprint density at radius 3 is 2.50 bits per heavy atom. The lowest BCUT2D eigenvalue weighted by atomic mass is 9.99. The Bertz CT molecular complexity index is 192. The largest absolute Gasteiger partial charge is 0.371 e. The molecule has 0 aliphatic carbocycles. The molecule has 0 N–H and O–H groups in total. The average Bonchev–Trinajstić information content (AvgIpc) is 2.13. The summed E-state index contributed by atoms with van der Waals surface area (Å²) in [6.07, 6.45) is 5.88. The molecule has 0 saturated carbocycles. The Kier molecular flexibility index (Phi) is 6.46. The summed E-state index contributed by atoms with van der Waals surface area (Å²) >= 11 is 0. The molecular weight excluding hydrogens is 176 g/mol. The predicted molar refractivity (Wildman–Crippen MR) is 59.4 cm³/mol. The lowest BCUT2D eigenvalue weighted by molar-refractivity contribution is -0.104. The fourth-order valence-electron chi connectivity index (χ4n) is 1.10. The molecule has 0 aliphatic heterocycles. The number of carbonyl (C=O) groups excluding carboxylic acids is 1. The van der Waals surface area contributed by atoms with Crippen LogP contribution in [0.1, 0.15) is 47.0 Å². The minimum atomic E-state index is -0.311. The molecule has 0 aromatic heterocycles. The molecule has 0 bridgehead atoms. The van der Waals surface area contributed by atoms with Gasteiger partial charge < -0.3 is 4.74 Å². The topological polar surface area (TPSA) is 26.3 Å². The Hall–Kier alpha value is -0.630. The van der Waals surface area contributed by atoms with E-state index in [-0.39, 0.29) is 5.60 Å². The van der Waals surface area contributed by atoms with Gasteiger partial charge in [-0.05, 0) is 38.8 Å². The minimum absolute atomic E-state index is 0.311. The van der Waals surface area contributed by atoms with Gasteiger partial charge in [-0.3, -0.25) is 4.79 Å². The van der Waals surface area contributed by atoms with Crippen molar-refractivity contribution in [3.05, 3.63) is 11.6 Å². The third-order valence-corrected chi connectivity index (χ3v) is 2.48. The van der Waals surface area contributed by atoms with E-state index in [9.17, 15) is 4.79 Å². The monoisotopic (exact) mass is 198 g/mol. The Morgan fingerprint density at radius 2 is 2.00 bits per heavy atom. The van der Waals surface area contributed by atoms with Crippen LogP contribution in [0.3, 0.4) is 0 Å². The molecule has 0 atom stereocenters. The van der Waals surface area contributed by atoms with E-state index >= 15 is 0 Å². The summed E-state index contributed by atoms with van der Waals surface area (Å²) < 4.78 is 5.72. The molecule has 0 heterocycles. The molecular formula is C12H22O2. The van der Waals surface area contributed by atoms with Gasteiger partial charge in [0.25, 0.3) is 0 Å². The zero-order chi connectivity index (χ0) is 11.0. The van der Waals surface area contributed by atoms with Crippen molar-refractivity contribution in [1.29, 1.82) is 0 Å². The van der Waals surface area contributed by atoms with Gasteiger partial charge in [0, 0.05) is 6.61 Å². The lowest BCUT2D eigenvalue weighted by Gasteiger charge is -2.26. The van der Waals surface area contributed by atoms with Gasteiger partial charge in [0.1, 0.15) is 6.29 Å². The molecule has 0 unspecified atom stereocenters. The molecule has 0 aliphatic rings. The second-order valence-electron chi connectivity index (χ2n) is 4.05. The third kappa shape index (κ3) is 5.18. The van der Waals surface area contributed by atoms with Crippen molar-refractivity contribution in [3.8, 4) is 0 Å². The van der Waals surface area contributed by atoms with E-state index in [2.05, 4.69) is 6.92 Å². The standard InChI is InChI=1S/C12H22O2/c1-5-6-7-10-14-12(3,4)11(2)8-9-13/h8-9H,5-7,10H2,1-4H3. The fourth-order valence-corrected chi connectivity index (χ4v) is 1.10. The number of rotatable bonds is 7. The smallest absolute Gasteiger partial charge is 0.142 e. The van der Waals surface area contributed by atoms with Gasteiger partial charge in [-0.2, -0.15) is 0 Å². The van der Waals surface area contributed by atoms with E-state index in [0.717, 1.165) is 24.9 Å². The van der Waals surface area contributed by atoms with Crippen LogP contribution in [-0.4, -0.2) is 18.5 Å². The zero-order valence-electron chi connectivity index (χ0n) is 9.80. The van der Waals surface area contributed by atoms with Gasteiger partial charge in [-0.1, -0.05) is 19.8 Å². The number of allylic oxidation sites excluding steroid dienone is 1. The molecule has 14 heavy (non-hydrogen) atoms. The van der Waals surface area contributed by atoms with Gasteiger partial charge in [-0.15, -0.1) is 0 Å². The van der Waals surface area contributed by atoms with Gasteiger partial charge in [0.15, 0.2) is 0 Å². The van der Waals surface area contributed by atoms with Gasteiger partial charge >= 0.3 is 0 Å². The van der Waals surface area contributed by atoms with Crippen molar-refractivity contribution in [1.82, 2.24) is 0 Å². The number of hydrogen-bond donors (Lipinski definition) is 0. The van der Waals surface area contributed by atoms with E-state index in [1.54, 1.807) is 6.08 Å². The van der Waals surface area contributed by atoms with E-state index < -0.39 is 0 Å². The first-order valence-corrected chi connectivity index (χ1v) is 5.31. The highest BCUT2D eigenvalue weighted by molar-refractivity contribution is 5.66. The molecule has 82 valence electrons. The molecule has 0 aromatic rings. The molecule has 2 heteroatoms. The van der Waals surface area contributed by atoms with Crippen LogP contribution < -0.4 is 0 Å². The highest BCUT2D eigenvalue weighted by atomic mass is 16.5. The van der Waals surface area contributed by atoms with Crippen molar-refractivity contribution >= 4 is 6.29 Å². The maximum Gasteiger partial charge on any atom is 0.142 e. The molecule has 0 radical (unpaired) electrons. The second-order valence-corrected chi connectivity index (χ2v) is 4.05. The van der Waals surface area contributed by atoms with E-state index in [1.165, 1.54) is 12.8 Å². The van der Waals surface area contributed by atoms with Gasteiger partial charge in [0.05, 0.1) is 5.60 Å². The first-order valence-electron chi connectivity index (χ1n) is 5.31. The van der Waals surface area contributed by atoms with Crippen LogP contribution in [0.2, 0.25) is 0 Å². The zero-order valence-corrected chi connectivity index (χ0v) is 9.80. The molecule has 0 aromatic carbocycles. The van der Waals surface area contributed by atoms with E-state index in [1.807, 2.05) is 20.8 Å². The maximum atomic E-state index is 10.3. The minimum Gasteiger partial charge on any atom is -0.371 e. The number of ether oxygens (including phenoxy) is 1. The average molecular weight is 198 g/mol. The molecule has 0 fully saturated rings. The van der Waals surface area contributed by atoms with Crippen molar-refractivity contribution in [2.24, 2.45) is 0 Å². The van der Waals surface area contributed by atoms with Crippen LogP contribution >= 0.6 is 0 Å². The second kappa shape index (κ2) is 6.77. The molecule has 0 saturated heterocycles. The predicted octanol–water partition coefficient (Wildman–Crippen LogP) is 3.12. The van der Waals surface area contributed by atoms with E-state index in [4.69, 9.17) is 4.74 Å². The van der Waals surface area contributed by atoms with Gasteiger partial charge in [0.2, 0.25) is 0 Å². The summed E-state index contributed by atoms with van der Waals surface area (Å²) in [7, 11) is 0. The summed E-state index contributed by atoms with van der Waals surface area (Å²) in [6, 6.07) is 0. The first kappa shape index (κ1) is 13.4. The maximum absolute atomic E-state index is 10.3.